The summed E-state index contributed by atoms with van der Waals surface area (Å²) in [5, 5.41) is 3.56. The van der Waals surface area contributed by atoms with Crippen LogP contribution in [0.2, 0.25) is 0 Å². The molecule has 2 aromatic rings. The number of carbonyl (C=O) groups excluding carboxylic acids is 1. The molecule has 0 unspecified atom stereocenters. The van der Waals surface area contributed by atoms with Gasteiger partial charge in [0, 0.05) is 26.7 Å². The first-order chi connectivity index (χ1) is 12.4. The molecule has 1 aliphatic rings. The Bertz CT molecular complexity index is 847. The van der Waals surface area contributed by atoms with Gasteiger partial charge in [-0.15, -0.1) is 11.3 Å². The number of fused-ring (bicyclic) bond motifs is 1. The van der Waals surface area contributed by atoms with Crippen LogP contribution in [0.15, 0.2) is 11.1 Å². The fourth-order valence-electron chi connectivity index (χ4n) is 3.98. The monoisotopic (exact) mass is 376 g/mol. The predicted octanol–water partition coefficient (Wildman–Crippen LogP) is 2.40. The lowest BCUT2D eigenvalue weighted by Crippen LogP contribution is -2.40. The van der Waals surface area contributed by atoms with Gasteiger partial charge in [0.1, 0.15) is 4.83 Å². The number of aromatic nitrogens is 2. The second-order valence-electron chi connectivity index (χ2n) is 7.71. The number of nitrogens with zero attached hydrogens (tertiary/aromatic N) is 3. The van der Waals surface area contributed by atoms with E-state index in [9.17, 15) is 9.59 Å². The molecule has 142 valence electrons. The first-order valence-corrected chi connectivity index (χ1v) is 10.1. The maximum atomic E-state index is 12.5. The van der Waals surface area contributed by atoms with E-state index in [1.54, 1.807) is 7.05 Å². The molecule has 0 spiro atoms. The van der Waals surface area contributed by atoms with Crippen LogP contribution in [0.3, 0.4) is 0 Å². The topological polar surface area (TPSA) is 67.2 Å². The molecule has 1 amide bonds. The number of rotatable bonds is 5. The van der Waals surface area contributed by atoms with Crippen molar-refractivity contribution in [2.45, 2.75) is 33.6 Å². The Hall–Kier alpha value is -1.73. The summed E-state index contributed by atoms with van der Waals surface area (Å²) >= 11 is 1.29. The molecule has 1 fully saturated rings. The third kappa shape index (κ3) is 3.99. The van der Waals surface area contributed by atoms with Gasteiger partial charge in [0.15, 0.2) is 0 Å². The molecule has 6 nitrogen and oxygen atoms in total. The molecule has 3 heterocycles. The average molecular weight is 377 g/mol. The summed E-state index contributed by atoms with van der Waals surface area (Å²) in [7, 11) is 1.67. The molecule has 0 radical (unpaired) electrons. The van der Waals surface area contributed by atoms with Crippen molar-refractivity contribution in [1.82, 2.24) is 19.8 Å². The molecule has 3 rings (SSSR count). The highest BCUT2D eigenvalue weighted by Crippen LogP contribution is 2.26. The summed E-state index contributed by atoms with van der Waals surface area (Å²) in [5.41, 5.74) is 0.631. The van der Waals surface area contributed by atoms with E-state index in [0.717, 1.165) is 43.5 Å². The Morgan fingerprint density at radius 1 is 1.35 bits per heavy atom. The summed E-state index contributed by atoms with van der Waals surface area (Å²) in [6, 6.07) is 0. The Kier molecular flexibility index (Phi) is 5.77. The maximum Gasteiger partial charge on any atom is 0.262 e. The number of hydrogen-bond donors (Lipinski definition) is 1. The number of likely N-dealkylation sites (tertiary alicyclic amines) is 1. The van der Waals surface area contributed by atoms with Crippen LogP contribution >= 0.6 is 11.3 Å². The number of aryl methyl sites for hydroxylation is 2. The highest BCUT2D eigenvalue weighted by atomic mass is 32.1. The van der Waals surface area contributed by atoms with E-state index >= 15 is 0 Å². The van der Waals surface area contributed by atoms with Crippen LogP contribution in [0.5, 0.6) is 0 Å². The van der Waals surface area contributed by atoms with Gasteiger partial charge >= 0.3 is 0 Å². The van der Waals surface area contributed by atoms with Gasteiger partial charge in [0.05, 0.1) is 16.6 Å². The van der Waals surface area contributed by atoms with Crippen LogP contribution in [0.4, 0.5) is 0 Å². The van der Waals surface area contributed by atoms with Crippen LogP contribution < -0.4 is 10.9 Å². The van der Waals surface area contributed by atoms with Crippen molar-refractivity contribution in [3.63, 3.8) is 0 Å². The zero-order chi connectivity index (χ0) is 18.8. The van der Waals surface area contributed by atoms with E-state index < -0.39 is 0 Å². The Balaban J connectivity index is 1.57. The second-order valence-corrected chi connectivity index (χ2v) is 8.71. The van der Waals surface area contributed by atoms with Crippen molar-refractivity contribution in [3.8, 4) is 0 Å². The highest BCUT2D eigenvalue weighted by Gasteiger charge is 2.22. The number of thiophene rings is 1. The van der Waals surface area contributed by atoms with Crippen molar-refractivity contribution in [2.75, 3.05) is 26.2 Å². The predicted molar refractivity (Wildman–Crippen MR) is 106 cm³/mol. The number of amides is 1. The van der Waals surface area contributed by atoms with Crippen molar-refractivity contribution >= 4 is 27.5 Å². The van der Waals surface area contributed by atoms with Crippen LogP contribution in [0.1, 0.15) is 41.9 Å². The van der Waals surface area contributed by atoms with E-state index in [4.69, 9.17) is 0 Å². The van der Waals surface area contributed by atoms with Gasteiger partial charge in [-0.1, -0.05) is 13.8 Å². The van der Waals surface area contributed by atoms with Gasteiger partial charge in [-0.25, -0.2) is 4.98 Å². The molecule has 0 aromatic carbocycles. The molecule has 7 heteroatoms. The van der Waals surface area contributed by atoms with E-state index in [-0.39, 0.29) is 11.5 Å². The highest BCUT2D eigenvalue weighted by molar-refractivity contribution is 7.20. The lowest BCUT2D eigenvalue weighted by molar-refractivity contribution is 0.0951. The molecule has 2 atom stereocenters. The van der Waals surface area contributed by atoms with Crippen molar-refractivity contribution in [2.24, 2.45) is 18.9 Å². The Labute approximate surface area is 158 Å². The molecule has 1 N–H and O–H groups in total. The van der Waals surface area contributed by atoms with Crippen LogP contribution in [0.25, 0.3) is 10.2 Å². The zero-order valence-electron chi connectivity index (χ0n) is 16.0. The largest absolute Gasteiger partial charge is 0.351 e. The van der Waals surface area contributed by atoms with Gasteiger partial charge in [0.2, 0.25) is 0 Å². The maximum absolute atomic E-state index is 12.5. The molecule has 0 saturated carbocycles. The second kappa shape index (κ2) is 7.88. The van der Waals surface area contributed by atoms with Crippen LogP contribution in [-0.2, 0) is 7.05 Å². The summed E-state index contributed by atoms with van der Waals surface area (Å²) in [5.74, 6) is 1.40. The fraction of sp³-hybridized carbons (Fsp3) is 0.632. The fourth-order valence-corrected chi connectivity index (χ4v) is 5.04. The number of carbonyl (C=O) groups is 1. The van der Waals surface area contributed by atoms with Gasteiger partial charge in [-0.3, -0.25) is 9.59 Å². The normalized spacial score (nSPS) is 21.2. The van der Waals surface area contributed by atoms with Gasteiger partial charge < -0.3 is 14.8 Å². The van der Waals surface area contributed by atoms with Crippen molar-refractivity contribution < 1.29 is 4.79 Å². The van der Waals surface area contributed by atoms with Gasteiger partial charge in [-0.2, -0.15) is 0 Å². The number of nitrogens with one attached hydrogen (secondary N) is 1. The van der Waals surface area contributed by atoms with E-state index in [0.29, 0.717) is 21.6 Å². The van der Waals surface area contributed by atoms with Crippen LogP contribution in [-0.4, -0.2) is 46.5 Å². The Morgan fingerprint density at radius 2 is 2.04 bits per heavy atom. The summed E-state index contributed by atoms with van der Waals surface area (Å²) in [6.45, 7) is 10.4. The number of piperidine rings is 1. The summed E-state index contributed by atoms with van der Waals surface area (Å²) in [4.78, 5) is 32.8. The summed E-state index contributed by atoms with van der Waals surface area (Å²) in [6.07, 6.45) is 3.75. The standard InChI is InChI=1S/C19H28N4O2S/c1-12-8-13(2)10-23(9-12)7-5-6-20-17(24)16-14(3)15-18(26-16)21-11-22(4)19(15)25/h11-13H,5-10H2,1-4H3,(H,20,24)/t12-,13-/m1/s1. The third-order valence-electron chi connectivity index (χ3n) is 5.10. The lowest BCUT2D eigenvalue weighted by atomic mass is 9.92. The molecule has 1 aliphatic heterocycles. The number of hydrogen-bond acceptors (Lipinski definition) is 5. The first kappa shape index (κ1) is 19.0. The third-order valence-corrected chi connectivity index (χ3v) is 6.30. The van der Waals surface area contributed by atoms with Gasteiger partial charge in [-0.05, 0) is 43.7 Å². The van der Waals surface area contributed by atoms with Gasteiger partial charge in [0.25, 0.3) is 11.5 Å². The van der Waals surface area contributed by atoms with E-state index in [2.05, 4.69) is 29.0 Å². The quantitative estimate of drug-likeness (QED) is 0.814. The first-order valence-electron chi connectivity index (χ1n) is 9.32. The molecule has 0 aliphatic carbocycles. The minimum Gasteiger partial charge on any atom is -0.351 e. The molecular formula is C19H28N4O2S. The lowest BCUT2D eigenvalue weighted by Gasteiger charge is -2.34. The SMILES string of the molecule is Cc1c(C(=O)NCCCN2C[C@H](C)C[C@@H](C)C2)sc2ncn(C)c(=O)c12. The van der Waals surface area contributed by atoms with Crippen molar-refractivity contribution in [3.05, 3.63) is 27.1 Å². The minimum atomic E-state index is -0.104. The van der Waals surface area contributed by atoms with E-state index in [1.165, 1.54) is 28.7 Å². The van der Waals surface area contributed by atoms with E-state index in [1.807, 2.05) is 6.92 Å². The Morgan fingerprint density at radius 3 is 2.73 bits per heavy atom. The van der Waals surface area contributed by atoms with Crippen molar-refractivity contribution in [1.29, 1.82) is 0 Å². The zero-order valence-corrected chi connectivity index (χ0v) is 16.9. The molecule has 2 aromatic heterocycles. The smallest absolute Gasteiger partial charge is 0.262 e. The molecule has 1 saturated heterocycles. The summed E-state index contributed by atoms with van der Waals surface area (Å²) < 4.78 is 1.45. The minimum absolute atomic E-state index is 0.101. The average Bonchev–Trinajstić information content (AvgIpc) is 2.91. The molecule has 26 heavy (non-hydrogen) atoms. The molecule has 0 bridgehead atoms. The van der Waals surface area contributed by atoms with Crippen LogP contribution in [0, 0.1) is 18.8 Å². The molecular weight excluding hydrogens is 348 g/mol.